The van der Waals surface area contributed by atoms with Gasteiger partial charge in [0, 0.05) is 14.0 Å². The maximum absolute atomic E-state index is 12.5. The number of hydrogen-bond donors (Lipinski definition) is 1. The Kier molecular flexibility index (Phi) is 3.98. The van der Waals surface area contributed by atoms with Gasteiger partial charge in [0.05, 0.1) is 0 Å². The molecule has 2 heterocycles. The number of amides is 1. The molecule has 0 unspecified atom stereocenters. The van der Waals surface area contributed by atoms with E-state index in [1.54, 1.807) is 26.2 Å². The van der Waals surface area contributed by atoms with Crippen LogP contribution in [0.3, 0.4) is 0 Å². The molecule has 0 spiro atoms. The van der Waals surface area contributed by atoms with E-state index in [-0.39, 0.29) is 11.7 Å². The first kappa shape index (κ1) is 14.8. The Morgan fingerprint density at radius 3 is 2.82 bits per heavy atom. The highest BCUT2D eigenvalue weighted by Gasteiger charge is 2.41. The second kappa shape index (κ2) is 5.92. The zero-order valence-corrected chi connectivity index (χ0v) is 12.7. The maximum Gasteiger partial charge on any atom is 0.287 e. The van der Waals surface area contributed by atoms with Gasteiger partial charge in [-0.2, -0.15) is 4.98 Å². The van der Waals surface area contributed by atoms with E-state index >= 15 is 0 Å². The van der Waals surface area contributed by atoms with Crippen LogP contribution in [0.1, 0.15) is 53.7 Å². The lowest BCUT2D eigenvalue weighted by Gasteiger charge is -2.26. The van der Waals surface area contributed by atoms with Crippen molar-refractivity contribution in [2.75, 3.05) is 7.11 Å². The van der Waals surface area contributed by atoms with Crippen LogP contribution in [-0.4, -0.2) is 23.2 Å². The van der Waals surface area contributed by atoms with Crippen molar-refractivity contribution in [2.24, 2.45) is 0 Å². The van der Waals surface area contributed by atoms with Crippen molar-refractivity contribution in [3.63, 3.8) is 0 Å². The van der Waals surface area contributed by atoms with Crippen molar-refractivity contribution >= 4 is 5.91 Å². The lowest BCUT2D eigenvalue weighted by Crippen LogP contribution is -2.44. The molecule has 0 saturated heterocycles. The molecule has 1 N–H and O–H groups in total. The van der Waals surface area contributed by atoms with Crippen LogP contribution in [0.2, 0.25) is 0 Å². The van der Waals surface area contributed by atoms with Gasteiger partial charge in [0.2, 0.25) is 5.89 Å². The lowest BCUT2D eigenvalue weighted by molar-refractivity contribution is 0.0855. The van der Waals surface area contributed by atoms with Crippen molar-refractivity contribution in [1.82, 2.24) is 15.5 Å². The van der Waals surface area contributed by atoms with Gasteiger partial charge in [0.15, 0.2) is 11.6 Å². The molecule has 22 heavy (non-hydrogen) atoms. The minimum atomic E-state index is -0.566. The lowest BCUT2D eigenvalue weighted by atomic mass is 9.96. The molecule has 2 aromatic heterocycles. The van der Waals surface area contributed by atoms with Gasteiger partial charge in [-0.3, -0.25) is 4.79 Å². The molecule has 0 radical (unpaired) electrons. The summed E-state index contributed by atoms with van der Waals surface area (Å²) in [4.78, 5) is 16.8. The topological polar surface area (TPSA) is 90.4 Å². The van der Waals surface area contributed by atoms with Crippen molar-refractivity contribution in [3.05, 3.63) is 35.4 Å². The number of rotatable bonds is 5. The summed E-state index contributed by atoms with van der Waals surface area (Å²) in [5.74, 6) is 1.64. The van der Waals surface area contributed by atoms with E-state index in [0.717, 1.165) is 25.7 Å². The van der Waals surface area contributed by atoms with Crippen molar-refractivity contribution in [3.8, 4) is 0 Å². The van der Waals surface area contributed by atoms with E-state index in [9.17, 15) is 4.79 Å². The summed E-state index contributed by atoms with van der Waals surface area (Å²) in [6.45, 7) is 2.08. The van der Waals surface area contributed by atoms with Crippen LogP contribution in [0.4, 0.5) is 0 Å². The van der Waals surface area contributed by atoms with E-state index in [0.29, 0.717) is 24.1 Å². The molecule has 118 valence electrons. The second-order valence-electron chi connectivity index (χ2n) is 5.58. The third-order valence-corrected chi connectivity index (χ3v) is 3.94. The first-order chi connectivity index (χ1) is 10.6. The van der Waals surface area contributed by atoms with E-state index in [1.165, 1.54) is 0 Å². The molecule has 2 aromatic rings. The molecular weight excluding hydrogens is 286 g/mol. The summed E-state index contributed by atoms with van der Waals surface area (Å²) < 4.78 is 15.5. The molecule has 1 aliphatic carbocycles. The Hall–Kier alpha value is -2.15. The number of ether oxygens (including phenoxy) is 1. The predicted octanol–water partition coefficient (Wildman–Crippen LogP) is 2.32. The van der Waals surface area contributed by atoms with Gasteiger partial charge in [-0.05, 0) is 25.0 Å². The maximum atomic E-state index is 12.5. The third kappa shape index (κ3) is 2.76. The fourth-order valence-corrected chi connectivity index (χ4v) is 2.88. The van der Waals surface area contributed by atoms with Gasteiger partial charge >= 0.3 is 0 Å². The Balaban J connectivity index is 1.80. The van der Waals surface area contributed by atoms with Crippen LogP contribution in [0.15, 0.2) is 21.1 Å². The monoisotopic (exact) mass is 305 g/mol. The first-order valence-electron chi connectivity index (χ1n) is 7.34. The van der Waals surface area contributed by atoms with Crippen LogP contribution in [0, 0.1) is 6.92 Å². The smallest absolute Gasteiger partial charge is 0.287 e. The normalized spacial score (nSPS) is 16.8. The number of nitrogens with zero attached hydrogens (tertiary/aromatic N) is 2. The van der Waals surface area contributed by atoms with E-state index < -0.39 is 5.54 Å². The van der Waals surface area contributed by atoms with Gasteiger partial charge in [-0.1, -0.05) is 18.0 Å². The molecular formula is C15H19N3O4. The zero-order chi connectivity index (χ0) is 15.6. The number of hydrogen-bond acceptors (Lipinski definition) is 6. The average Bonchev–Trinajstić information content (AvgIpc) is 3.20. The van der Waals surface area contributed by atoms with E-state index in [2.05, 4.69) is 15.5 Å². The summed E-state index contributed by atoms with van der Waals surface area (Å²) >= 11 is 0. The van der Waals surface area contributed by atoms with Crippen molar-refractivity contribution in [2.45, 2.75) is 44.8 Å². The number of furan rings is 1. The summed E-state index contributed by atoms with van der Waals surface area (Å²) in [6.07, 6.45) is 3.62. The Bertz CT molecular complexity index is 655. The highest BCUT2D eigenvalue weighted by Crippen LogP contribution is 2.37. The van der Waals surface area contributed by atoms with Gasteiger partial charge in [0.25, 0.3) is 5.91 Å². The third-order valence-electron chi connectivity index (χ3n) is 3.94. The number of aryl methyl sites for hydroxylation is 1. The molecule has 1 aliphatic rings. The van der Waals surface area contributed by atoms with Crippen LogP contribution >= 0.6 is 0 Å². The van der Waals surface area contributed by atoms with Crippen LogP contribution in [0.5, 0.6) is 0 Å². The number of aromatic nitrogens is 2. The Morgan fingerprint density at radius 2 is 2.18 bits per heavy atom. The minimum absolute atomic E-state index is 0.263. The second-order valence-corrected chi connectivity index (χ2v) is 5.58. The molecule has 1 fully saturated rings. The molecule has 0 atom stereocenters. The van der Waals surface area contributed by atoms with Gasteiger partial charge in [0.1, 0.15) is 17.9 Å². The number of carbonyl (C=O) groups is 1. The zero-order valence-electron chi connectivity index (χ0n) is 12.7. The van der Waals surface area contributed by atoms with Crippen molar-refractivity contribution < 1.29 is 18.5 Å². The highest BCUT2D eigenvalue weighted by molar-refractivity contribution is 5.92. The molecule has 0 aliphatic heterocycles. The molecule has 1 amide bonds. The largest absolute Gasteiger partial charge is 0.453 e. The quantitative estimate of drug-likeness (QED) is 0.911. The summed E-state index contributed by atoms with van der Waals surface area (Å²) in [6, 6.07) is 3.38. The molecule has 0 aromatic carbocycles. The molecule has 0 bridgehead atoms. The minimum Gasteiger partial charge on any atom is -0.453 e. The number of methoxy groups -OCH3 is 1. The summed E-state index contributed by atoms with van der Waals surface area (Å²) in [5, 5.41) is 7.04. The van der Waals surface area contributed by atoms with Gasteiger partial charge in [-0.25, -0.2) is 0 Å². The first-order valence-corrected chi connectivity index (χ1v) is 7.34. The summed E-state index contributed by atoms with van der Waals surface area (Å²) in [7, 11) is 1.58. The van der Waals surface area contributed by atoms with Crippen LogP contribution in [0.25, 0.3) is 0 Å². The van der Waals surface area contributed by atoms with E-state index in [1.807, 2.05) is 0 Å². The molecule has 1 saturated carbocycles. The van der Waals surface area contributed by atoms with E-state index in [4.69, 9.17) is 13.7 Å². The highest BCUT2D eigenvalue weighted by atomic mass is 16.5. The molecule has 7 nitrogen and oxygen atoms in total. The predicted molar refractivity (Wildman–Crippen MR) is 76.1 cm³/mol. The molecule has 7 heteroatoms. The fourth-order valence-electron chi connectivity index (χ4n) is 2.88. The standard InChI is InChI=1S/C15H19N3O4/c1-10-16-14(18-22-10)15(7-3-4-8-15)17-13(19)12-6-5-11(21-12)9-20-2/h5-6H,3-4,7-9H2,1-2H3,(H,17,19). The Labute approximate surface area is 128 Å². The molecule has 3 rings (SSSR count). The fraction of sp³-hybridized carbons (Fsp3) is 0.533. The number of nitrogens with one attached hydrogen (secondary N) is 1. The van der Waals surface area contributed by atoms with Gasteiger partial charge in [-0.15, -0.1) is 0 Å². The Morgan fingerprint density at radius 1 is 1.41 bits per heavy atom. The van der Waals surface area contributed by atoms with Crippen LogP contribution in [-0.2, 0) is 16.9 Å². The van der Waals surface area contributed by atoms with Gasteiger partial charge < -0.3 is 19.0 Å². The van der Waals surface area contributed by atoms with Crippen LogP contribution < -0.4 is 5.32 Å². The number of carbonyl (C=O) groups excluding carboxylic acids is 1. The van der Waals surface area contributed by atoms with Crippen molar-refractivity contribution in [1.29, 1.82) is 0 Å². The SMILES string of the molecule is COCc1ccc(C(=O)NC2(c3noc(C)n3)CCCC2)o1. The summed E-state index contributed by atoms with van der Waals surface area (Å²) in [5.41, 5.74) is -0.566. The average molecular weight is 305 g/mol.